The molecular formula is C21H18N4OS. The van der Waals surface area contributed by atoms with Crippen LogP contribution in [0.4, 0.5) is 0 Å². The first-order valence-electron chi connectivity index (χ1n) is 9.03. The summed E-state index contributed by atoms with van der Waals surface area (Å²) in [5.74, 6) is 0.725. The molecule has 0 radical (unpaired) electrons. The van der Waals surface area contributed by atoms with E-state index in [4.69, 9.17) is 4.98 Å². The van der Waals surface area contributed by atoms with Crippen molar-refractivity contribution in [2.45, 2.75) is 29.8 Å². The molecule has 5 rings (SSSR count). The summed E-state index contributed by atoms with van der Waals surface area (Å²) < 4.78 is 0. The van der Waals surface area contributed by atoms with E-state index in [0.29, 0.717) is 11.6 Å². The van der Waals surface area contributed by atoms with Crippen LogP contribution in [0.15, 0.2) is 59.8 Å². The molecule has 1 aliphatic rings. The van der Waals surface area contributed by atoms with Crippen LogP contribution in [0.2, 0.25) is 0 Å². The number of pyridine rings is 1. The van der Waals surface area contributed by atoms with Crippen molar-refractivity contribution in [2.24, 2.45) is 0 Å². The zero-order valence-corrected chi connectivity index (χ0v) is 15.4. The highest BCUT2D eigenvalue weighted by Crippen LogP contribution is 2.25. The maximum absolute atomic E-state index is 12.2. The SMILES string of the molecule is O=C(NC1CC1)c1ccc2nc(SCc3ccc4ccccc4n3)[nH]c2c1. The molecule has 0 spiro atoms. The second kappa shape index (κ2) is 6.70. The summed E-state index contributed by atoms with van der Waals surface area (Å²) in [6.07, 6.45) is 2.17. The number of nitrogens with one attached hydrogen (secondary N) is 2. The van der Waals surface area contributed by atoms with E-state index in [-0.39, 0.29) is 5.91 Å². The monoisotopic (exact) mass is 374 g/mol. The molecule has 27 heavy (non-hydrogen) atoms. The summed E-state index contributed by atoms with van der Waals surface area (Å²) in [6, 6.07) is 18.2. The molecule has 0 aliphatic heterocycles. The first-order chi connectivity index (χ1) is 13.2. The van der Waals surface area contributed by atoms with Gasteiger partial charge >= 0.3 is 0 Å². The number of hydrogen-bond acceptors (Lipinski definition) is 4. The number of benzene rings is 2. The minimum absolute atomic E-state index is 0.0106. The fraction of sp³-hybridized carbons (Fsp3) is 0.190. The Morgan fingerprint density at radius 3 is 2.85 bits per heavy atom. The Hall–Kier alpha value is -2.86. The molecule has 0 unspecified atom stereocenters. The number of thioether (sulfide) groups is 1. The van der Waals surface area contributed by atoms with Gasteiger partial charge in [-0.25, -0.2) is 4.98 Å². The number of carbonyl (C=O) groups excluding carboxylic acids is 1. The van der Waals surface area contributed by atoms with Crippen LogP contribution in [0.1, 0.15) is 28.9 Å². The van der Waals surface area contributed by atoms with E-state index >= 15 is 0 Å². The third-order valence-corrected chi connectivity index (χ3v) is 5.55. The van der Waals surface area contributed by atoms with Crippen molar-refractivity contribution in [3.05, 3.63) is 65.9 Å². The summed E-state index contributed by atoms with van der Waals surface area (Å²) in [4.78, 5) is 24.8. The molecular weight excluding hydrogens is 356 g/mol. The highest BCUT2D eigenvalue weighted by molar-refractivity contribution is 7.98. The molecule has 0 bridgehead atoms. The van der Waals surface area contributed by atoms with E-state index in [9.17, 15) is 4.79 Å². The second-order valence-corrected chi connectivity index (χ2v) is 7.77. The summed E-state index contributed by atoms with van der Waals surface area (Å²) in [5, 5.41) is 4.99. The number of aromatic nitrogens is 3. The van der Waals surface area contributed by atoms with Crippen LogP contribution in [0, 0.1) is 0 Å². The molecule has 2 N–H and O–H groups in total. The smallest absolute Gasteiger partial charge is 0.251 e. The van der Waals surface area contributed by atoms with Crippen molar-refractivity contribution >= 4 is 39.6 Å². The van der Waals surface area contributed by atoms with Crippen molar-refractivity contribution < 1.29 is 4.79 Å². The van der Waals surface area contributed by atoms with E-state index in [1.165, 1.54) is 0 Å². The molecule has 1 aliphatic carbocycles. The zero-order chi connectivity index (χ0) is 18.2. The minimum atomic E-state index is -0.0106. The van der Waals surface area contributed by atoms with Gasteiger partial charge in [-0.15, -0.1) is 0 Å². The Kier molecular flexibility index (Phi) is 4.05. The van der Waals surface area contributed by atoms with Gasteiger partial charge in [0, 0.05) is 22.7 Å². The highest BCUT2D eigenvalue weighted by Gasteiger charge is 2.23. The summed E-state index contributed by atoms with van der Waals surface area (Å²) >= 11 is 1.61. The number of fused-ring (bicyclic) bond motifs is 2. The van der Waals surface area contributed by atoms with Crippen molar-refractivity contribution in [3.63, 3.8) is 0 Å². The number of para-hydroxylation sites is 1. The third kappa shape index (κ3) is 3.53. The number of rotatable bonds is 5. The highest BCUT2D eigenvalue weighted by atomic mass is 32.2. The van der Waals surface area contributed by atoms with Crippen LogP contribution in [0.25, 0.3) is 21.9 Å². The van der Waals surface area contributed by atoms with Gasteiger partial charge in [0.25, 0.3) is 5.91 Å². The summed E-state index contributed by atoms with van der Waals surface area (Å²) in [5.41, 5.74) is 4.44. The van der Waals surface area contributed by atoms with Gasteiger partial charge < -0.3 is 10.3 Å². The van der Waals surface area contributed by atoms with Crippen molar-refractivity contribution in [1.29, 1.82) is 0 Å². The standard InChI is InChI=1S/C21H18N4OS/c26-20(23-15-8-9-15)14-6-10-18-19(11-14)25-21(24-18)27-12-16-7-5-13-3-1-2-4-17(13)22-16/h1-7,10-11,15H,8-9,12H2,(H,23,26)(H,24,25). The molecule has 2 heterocycles. The first kappa shape index (κ1) is 16.3. The Labute approximate surface area is 160 Å². The van der Waals surface area contributed by atoms with Gasteiger partial charge in [0.05, 0.1) is 22.2 Å². The van der Waals surface area contributed by atoms with Gasteiger partial charge in [0.1, 0.15) is 0 Å². The summed E-state index contributed by atoms with van der Waals surface area (Å²) in [7, 11) is 0. The quantitative estimate of drug-likeness (QED) is 0.511. The fourth-order valence-electron chi connectivity index (χ4n) is 3.02. The Bertz CT molecular complexity index is 1150. The molecule has 134 valence electrons. The zero-order valence-electron chi connectivity index (χ0n) is 14.6. The van der Waals surface area contributed by atoms with E-state index in [1.807, 2.05) is 36.4 Å². The van der Waals surface area contributed by atoms with Gasteiger partial charge in [-0.05, 0) is 43.2 Å². The first-order valence-corrected chi connectivity index (χ1v) is 10.0. The molecule has 2 aromatic heterocycles. The van der Waals surface area contributed by atoms with E-state index < -0.39 is 0 Å². The van der Waals surface area contributed by atoms with Crippen LogP contribution in [0.5, 0.6) is 0 Å². The van der Waals surface area contributed by atoms with Gasteiger partial charge in [0.2, 0.25) is 0 Å². The lowest BCUT2D eigenvalue weighted by Gasteiger charge is -2.02. The molecule has 1 fully saturated rings. The molecule has 2 aromatic carbocycles. The molecule has 1 amide bonds. The topological polar surface area (TPSA) is 70.7 Å². The number of imidazole rings is 1. The maximum atomic E-state index is 12.2. The van der Waals surface area contributed by atoms with Crippen LogP contribution < -0.4 is 5.32 Å². The predicted octanol–water partition coefficient (Wildman–Crippen LogP) is 4.30. The molecule has 5 nitrogen and oxygen atoms in total. The lowest BCUT2D eigenvalue weighted by Crippen LogP contribution is -2.25. The average molecular weight is 374 g/mol. The number of nitrogens with zero attached hydrogens (tertiary/aromatic N) is 2. The maximum Gasteiger partial charge on any atom is 0.251 e. The van der Waals surface area contributed by atoms with Gasteiger partial charge in [-0.2, -0.15) is 0 Å². The van der Waals surface area contributed by atoms with E-state index in [1.54, 1.807) is 11.8 Å². The largest absolute Gasteiger partial charge is 0.349 e. The predicted molar refractivity (Wildman–Crippen MR) is 108 cm³/mol. The van der Waals surface area contributed by atoms with Crippen LogP contribution >= 0.6 is 11.8 Å². The van der Waals surface area contributed by atoms with Crippen molar-refractivity contribution in [3.8, 4) is 0 Å². The average Bonchev–Trinajstić information content (AvgIpc) is 3.41. The Morgan fingerprint density at radius 2 is 1.96 bits per heavy atom. The molecule has 1 saturated carbocycles. The lowest BCUT2D eigenvalue weighted by atomic mass is 10.2. The Balaban J connectivity index is 1.32. The fourth-order valence-corrected chi connectivity index (χ4v) is 3.81. The third-order valence-electron chi connectivity index (χ3n) is 4.65. The summed E-state index contributed by atoms with van der Waals surface area (Å²) in [6.45, 7) is 0. The van der Waals surface area contributed by atoms with Gasteiger partial charge in [-0.1, -0.05) is 36.0 Å². The normalized spacial score (nSPS) is 13.9. The second-order valence-electron chi connectivity index (χ2n) is 6.81. The number of carbonyl (C=O) groups is 1. The Morgan fingerprint density at radius 1 is 1.07 bits per heavy atom. The number of hydrogen-bond donors (Lipinski definition) is 2. The van der Waals surface area contributed by atoms with E-state index in [0.717, 1.165) is 51.4 Å². The molecule has 0 atom stereocenters. The van der Waals surface area contributed by atoms with Crippen LogP contribution in [-0.2, 0) is 5.75 Å². The van der Waals surface area contributed by atoms with Crippen LogP contribution in [-0.4, -0.2) is 26.9 Å². The number of H-pyrrole nitrogens is 1. The van der Waals surface area contributed by atoms with E-state index in [2.05, 4.69) is 33.5 Å². The molecule has 6 heteroatoms. The van der Waals surface area contributed by atoms with Crippen molar-refractivity contribution in [2.75, 3.05) is 0 Å². The molecule has 0 saturated heterocycles. The van der Waals surface area contributed by atoms with Gasteiger partial charge in [-0.3, -0.25) is 9.78 Å². The number of amides is 1. The number of aromatic amines is 1. The molecule has 4 aromatic rings. The van der Waals surface area contributed by atoms with Crippen molar-refractivity contribution in [1.82, 2.24) is 20.3 Å². The van der Waals surface area contributed by atoms with Crippen LogP contribution in [0.3, 0.4) is 0 Å². The lowest BCUT2D eigenvalue weighted by molar-refractivity contribution is 0.0951. The van der Waals surface area contributed by atoms with Gasteiger partial charge in [0.15, 0.2) is 5.16 Å². The minimum Gasteiger partial charge on any atom is -0.349 e.